The molecule has 0 saturated heterocycles. The molecule has 118 valence electrons. The maximum Gasteiger partial charge on any atom is 0.246 e. The first-order chi connectivity index (χ1) is 11.7. The summed E-state index contributed by atoms with van der Waals surface area (Å²) in [7, 11) is 1.58. The molecule has 24 heavy (non-hydrogen) atoms. The number of benzene rings is 2. The lowest BCUT2D eigenvalue weighted by Gasteiger charge is -2.30. The van der Waals surface area contributed by atoms with E-state index in [4.69, 9.17) is 4.74 Å². The Morgan fingerprint density at radius 2 is 1.96 bits per heavy atom. The minimum atomic E-state index is -0.869. The minimum Gasteiger partial charge on any atom is -0.496 e. The van der Waals surface area contributed by atoms with Gasteiger partial charge in [0, 0.05) is 5.56 Å². The van der Waals surface area contributed by atoms with Crippen molar-refractivity contribution in [2.75, 3.05) is 12.4 Å². The Bertz CT molecular complexity index is 986. The van der Waals surface area contributed by atoms with E-state index in [-0.39, 0.29) is 5.91 Å². The summed E-state index contributed by atoms with van der Waals surface area (Å²) >= 11 is 0. The van der Waals surface area contributed by atoms with E-state index in [9.17, 15) is 10.1 Å². The van der Waals surface area contributed by atoms with Crippen LogP contribution >= 0.6 is 0 Å². The van der Waals surface area contributed by atoms with E-state index in [1.54, 1.807) is 7.11 Å². The Morgan fingerprint density at radius 3 is 2.75 bits per heavy atom. The topological polar surface area (TPSA) is 79.9 Å². The van der Waals surface area contributed by atoms with E-state index in [1.165, 1.54) is 0 Å². The highest BCUT2D eigenvalue weighted by Crippen LogP contribution is 2.40. The first-order valence-electron chi connectivity index (χ1n) is 7.55. The van der Waals surface area contributed by atoms with Gasteiger partial charge in [0.2, 0.25) is 11.9 Å². The molecule has 2 aromatic carbocycles. The lowest BCUT2D eigenvalue weighted by molar-refractivity contribution is -0.119. The highest BCUT2D eigenvalue weighted by molar-refractivity contribution is 5.97. The molecule has 6 heteroatoms. The monoisotopic (exact) mass is 318 g/mol. The van der Waals surface area contributed by atoms with Gasteiger partial charge in [-0.15, -0.1) is 0 Å². The zero-order valence-electron chi connectivity index (χ0n) is 12.9. The second-order valence-corrected chi connectivity index (χ2v) is 5.58. The van der Waals surface area contributed by atoms with Crippen LogP contribution in [0.3, 0.4) is 0 Å². The van der Waals surface area contributed by atoms with Gasteiger partial charge in [0.25, 0.3) is 0 Å². The number of fused-ring (bicyclic) bond motifs is 3. The van der Waals surface area contributed by atoms with E-state index >= 15 is 0 Å². The number of rotatable bonds is 2. The SMILES string of the molecule is COc1ccccc1[C@H]1[C@H](C#N)C(=O)Nc2nc3ccccc3n21. The number of imidazole rings is 1. The number of ether oxygens (including phenoxy) is 1. The molecule has 1 amide bonds. The number of hydrogen-bond acceptors (Lipinski definition) is 4. The van der Waals surface area contributed by atoms with Crippen LogP contribution in [-0.4, -0.2) is 22.6 Å². The summed E-state index contributed by atoms with van der Waals surface area (Å²) in [5.74, 6) is -0.132. The van der Waals surface area contributed by atoms with Crippen LogP contribution in [0.2, 0.25) is 0 Å². The molecule has 1 aliphatic heterocycles. The molecule has 2 atom stereocenters. The van der Waals surface area contributed by atoms with Crippen molar-refractivity contribution in [1.29, 1.82) is 5.26 Å². The highest BCUT2D eigenvalue weighted by atomic mass is 16.5. The number of nitrogens with zero attached hydrogens (tertiary/aromatic N) is 3. The zero-order valence-corrected chi connectivity index (χ0v) is 12.9. The zero-order chi connectivity index (χ0) is 16.7. The lowest BCUT2D eigenvalue weighted by Crippen LogP contribution is -2.37. The number of methoxy groups -OCH3 is 1. The van der Waals surface area contributed by atoms with Crippen LogP contribution in [0.5, 0.6) is 5.75 Å². The summed E-state index contributed by atoms with van der Waals surface area (Å²) in [6, 6.07) is 16.7. The quantitative estimate of drug-likeness (QED) is 0.788. The number of para-hydroxylation sites is 3. The fraction of sp³-hybridized carbons (Fsp3) is 0.167. The van der Waals surface area contributed by atoms with Crippen molar-refractivity contribution in [3.8, 4) is 11.8 Å². The van der Waals surface area contributed by atoms with Crippen molar-refractivity contribution in [1.82, 2.24) is 9.55 Å². The summed E-state index contributed by atoms with van der Waals surface area (Å²) < 4.78 is 7.36. The number of nitriles is 1. The Hall–Kier alpha value is -3.33. The fourth-order valence-electron chi connectivity index (χ4n) is 3.25. The lowest BCUT2D eigenvalue weighted by atomic mass is 9.90. The minimum absolute atomic E-state index is 0.351. The molecule has 0 saturated carbocycles. The molecule has 0 unspecified atom stereocenters. The van der Waals surface area contributed by atoms with Crippen LogP contribution in [0, 0.1) is 17.2 Å². The van der Waals surface area contributed by atoms with Gasteiger partial charge in [0.05, 0.1) is 30.3 Å². The number of aromatic nitrogens is 2. The maximum absolute atomic E-state index is 12.4. The van der Waals surface area contributed by atoms with E-state index in [0.717, 1.165) is 16.6 Å². The molecular formula is C18H14N4O2. The van der Waals surface area contributed by atoms with Crippen molar-refractivity contribution < 1.29 is 9.53 Å². The van der Waals surface area contributed by atoms with Gasteiger partial charge in [-0.05, 0) is 18.2 Å². The predicted octanol–water partition coefficient (Wildman–Crippen LogP) is 2.73. The van der Waals surface area contributed by atoms with E-state index in [0.29, 0.717) is 11.7 Å². The molecule has 0 fully saturated rings. The third kappa shape index (κ3) is 1.95. The predicted molar refractivity (Wildman–Crippen MR) is 88.6 cm³/mol. The van der Waals surface area contributed by atoms with Crippen molar-refractivity contribution in [2.45, 2.75) is 6.04 Å². The molecule has 0 bridgehead atoms. The third-order valence-corrected chi connectivity index (χ3v) is 4.30. The number of carbonyl (C=O) groups excluding carboxylic acids is 1. The average molecular weight is 318 g/mol. The standard InChI is InChI=1S/C18H14N4O2/c1-24-15-9-5-2-6-11(15)16-12(10-19)17(23)21-18-20-13-7-3-4-8-14(13)22(16)18/h2-9,12,16H,1H3,(H,20,21,23)/t12-,16-/m0/s1. The molecule has 1 N–H and O–H groups in total. The van der Waals surface area contributed by atoms with Crippen LogP contribution in [-0.2, 0) is 4.79 Å². The summed E-state index contributed by atoms with van der Waals surface area (Å²) in [6.45, 7) is 0. The first kappa shape index (κ1) is 14.3. The largest absolute Gasteiger partial charge is 0.496 e. The summed E-state index contributed by atoms with van der Waals surface area (Å²) in [5, 5.41) is 12.3. The summed E-state index contributed by atoms with van der Waals surface area (Å²) in [6.07, 6.45) is 0. The first-order valence-corrected chi connectivity index (χ1v) is 7.55. The number of carbonyl (C=O) groups is 1. The van der Waals surface area contributed by atoms with Gasteiger partial charge in [0.15, 0.2) is 5.92 Å². The molecule has 3 aromatic rings. The number of nitrogens with one attached hydrogen (secondary N) is 1. The van der Waals surface area contributed by atoms with Gasteiger partial charge in [-0.1, -0.05) is 30.3 Å². The maximum atomic E-state index is 12.4. The molecule has 4 rings (SSSR count). The van der Waals surface area contributed by atoms with Crippen LogP contribution in [0.4, 0.5) is 5.95 Å². The molecular weight excluding hydrogens is 304 g/mol. The molecule has 6 nitrogen and oxygen atoms in total. The van der Waals surface area contributed by atoms with E-state index < -0.39 is 12.0 Å². The van der Waals surface area contributed by atoms with Gasteiger partial charge < -0.3 is 9.30 Å². The Kier molecular flexibility index (Phi) is 3.21. The summed E-state index contributed by atoms with van der Waals surface area (Å²) in [4.78, 5) is 16.9. The van der Waals surface area contributed by atoms with Crippen molar-refractivity contribution in [3.05, 3.63) is 54.1 Å². The third-order valence-electron chi connectivity index (χ3n) is 4.30. The number of amides is 1. The second kappa shape index (κ2) is 5.39. The molecule has 0 aliphatic carbocycles. The van der Waals surface area contributed by atoms with Crippen LogP contribution < -0.4 is 10.1 Å². The second-order valence-electron chi connectivity index (χ2n) is 5.58. The summed E-state index contributed by atoms with van der Waals surface area (Å²) in [5.41, 5.74) is 2.42. The van der Waals surface area contributed by atoms with Gasteiger partial charge in [-0.25, -0.2) is 4.98 Å². The number of hydrogen-bond donors (Lipinski definition) is 1. The average Bonchev–Trinajstić information content (AvgIpc) is 2.98. The smallest absolute Gasteiger partial charge is 0.246 e. The van der Waals surface area contributed by atoms with Gasteiger partial charge in [-0.2, -0.15) is 5.26 Å². The fourth-order valence-corrected chi connectivity index (χ4v) is 3.25. The molecule has 0 radical (unpaired) electrons. The van der Waals surface area contributed by atoms with Crippen LogP contribution in [0.15, 0.2) is 48.5 Å². The normalized spacial score (nSPS) is 19.4. The van der Waals surface area contributed by atoms with E-state index in [2.05, 4.69) is 16.4 Å². The molecule has 1 aromatic heterocycles. The molecule has 1 aliphatic rings. The van der Waals surface area contributed by atoms with Crippen molar-refractivity contribution >= 4 is 22.9 Å². The number of anilines is 1. The van der Waals surface area contributed by atoms with Gasteiger partial charge in [-0.3, -0.25) is 10.1 Å². The van der Waals surface area contributed by atoms with Crippen molar-refractivity contribution in [3.63, 3.8) is 0 Å². The van der Waals surface area contributed by atoms with E-state index in [1.807, 2.05) is 53.1 Å². The van der Waals surface area contributed by atoms with Crippen molar-refractivity contribution in [2.24, 2.45) is 5.92 Å². The molecule has 2 heterocycles. The Labute approximate surface area is 138 Å². The Balaban J connectivity index is 2.04. The van der Waals surface area contributed by atoms with Gasteiger partial charge in [0.1, 0.15) is 5.75 Å². The molecule has 0 spiro atoms. The highest BCUT2D eigenvalue weighted by Gasteiger charge is 2.40. The van der Waals surface area contributed by atoms with Crippen LogP contribution in [0.1, 0.15) is 11.6 Å². The van der Waals surface area contributed by atoms with Crippen LogP contribution in [0.25, 0.3) is 11.0 Å². The van der Waals surface area contributed by atoms with Gasteiger partial charge >= 0.3 is 0 Å². The Morgan fingerprint density at radius 1 is 1.21 bits per heavy atom.